The van der Waals surface area contributed by atoms with Crippen molar-refractivity contribution in [3.05, 3.63) is 40.9 Å². The van der Waals surface area contributed by atoms with Crippen molar-refractivity contribution in [2.24, 2.45) is 0 Å². The fourth-order valence-electron chi connectivity index (χ4n) is 1.88. The second-order valence-electron chi connectivity index (χ2n) is 5.67. The molecule has 0 saturated carbocycles. The zero-order chi connectivity index (χ0) is 14.8. The summed E-state index contributed by atoms with van der Waals surface area (Å²) in [6, 6.07) is 5.94. The first-order valence-electron chi connectivity index (χ1n) is 6.51. The number of hydrogen-bond donors (Lipinski definition) is 1. The number of ether oxygens (including phenoxy) is 1. The predicted octanol–water partition coefficient (Wildman–Crippen LogP) is 3.53. The Balaban J connectivity index is 2.34. The highest BCUT2D eigenvalue weighted by Crippen LogP contribution is 2.27. The van der Waals surface area contributed by atoms with Crippen molar-refractivity contribution in [3.8, 4) is 11.4 Å². The van der Waals surface area contributed by atoms with Crippen LogP contribution in [0.1, 0.15) is 26.5 Å². The summed E-state index contributed by atoms with van der Waals surface area (Å²) in [4.78, 5) is 4.26. The van der Waals surface area contributed by atoms with Crippen LogP contribution in [0.3, 0.4) is 0 Å². The van der Waals surface area contributed by atoms with Crippen molar-refractivity contribution < 1.29 is 4.74 Å². The number of benzene rings is 1. The quantitative estimate of drug-likeness (QED) is 0.927. The van der Waals surface area contributed by atoms with Gasteiger partial charge < -0.3 is 10.1 Å². The van der Waals surface area contributed by atoms with Crippen LogP contribution in [0.25, 0.3) is 5.69 Å². The van der Waals surface area contributed by atoms with E-state index in [4.69, 9.17) is 4.74 Å². The normalized spacial score (nSPS) is 11.7. The van der Waals surface area contributed by atoms with Gasteiger partial charge in [0, 0.05) is 22.8 Å². The first kappa shape index (κ1) is 15.1. The second-order valence-corrected chi connectivity index (χ2v) is 6.59. The lowest BCUT2D eigenvalue weighted by atomic mass is 10.1. The number of hydrogen-bond acceptors (Lipinski definition) is 3. The highest BCUT2D eigenvalue weighted by atomic mass is 79.9. The van der Waals surface area contributed by atoms with Crippen molar-refractivity contribution in [2.45, 2.75) is 32.9 Å². The van der Waals surface area contributed by atoms with E-state index in [0.29, 0.717) is 0 Å². The van der Waals surface area contributed by atoms with E-state index in [-0.39, 0.29) is 5.54 Å². The molecule has 2 aromatic rings. The Morgan fingerprint density at radius 1 is 1.35 bits per heavy atom. The van der Waals surface area contributed by atoms with Crippen LogP contribution in [0.5, 0.6) is 5.75 Å². The number of nitrogens with one attached hydrogen (secondary N) is 1. The molecule has 0 aliphatic heterocycles. The predicted molar refractivity (Wildman–Crippen MR) is 84.4 cm³/mol. The van der Waals surface area contributed by atoms with E-state index in [0.717, 1.165) is 28.1 Å². The average Bonchev–Trinajstić information content (AvgIpc) is 2.83. The van der Waals surface area contributed by atoms with Gasteiger partial charge in [-0.2, -0.15) is 0 Å². The molecule has 5 heteroatoms. The molecule has 1 N–H and O–H groups in total. The summed E-state index contributed by atoms with van der Waals surface area (Å²) in [5.74, 6) is 0.822. The highest BCUT2D eigenvalue weighted by Gasteiger charge is 2.13. The lowest BCUT2D eigenvalue weighted by Crippen LogP contribution is -2.35. The number of aromatic nitrogens is 2. The minimum atomic E-state index is 0.0659. The van der Waals surface area contributed by atoms with E-state index >= 15 is 0 Å². The lowest BCUT2D eigenvalue weighted by molar-refractivity contribution is 0.409. The van der Waals surface area contributed by atoms with Crippen molar-refractivity contribution in [3.63, 3.8) is 0 Å². The third-order valence-corrected chi connectivity index (χ3v) is 3.41. The van der Waals surface area contributed by atoms with Gasteiger partial charge in [0.2, 0.25) is 0 Å². The molecule has 0 aliphatic carbocycles. The molecule has 1 heterocycles. The van der Waals surface area contributed by atoms with Gasteiger partial charge in [-0.25, -0.2) is 4.98 Å². The average molecular weight is 338 g/mol. The number of methoxy groups -OCH3 is 1. The molecule has 2 rings (SSSR count). The summed E-state index contributed by atoms with van der Waals surface area (Å²) in [5.41, 5.74) is 2.14. The van der Waals surface area contributed by atoms with Crippen molar-refractivity contribution in [1.29, 1.82) is 0 Å². The van der Waals surface area contributed by atoms with Crippen LogP contribution in [0.4, 0.5) is 0 Å². The number of rotatable bonds is 4. The maximum absolute atomic E-state index is 5.43. The molecule has 0 saturated heterocycles. The van der Waals surface area contributed by atoms with Gasteiger partial charge in [0.05, 0.1) is 24.8 Å². The topological polar surface area (TPSA) is 39.1 Å². The Morgan fingerprint density at radius 3 is 2.75 bits per heavy atom. The molecule has 0 atom stereocenters. The van der Waals surface area contributed by atoms with Gasteiger partial charge in [0.1, 0.15) is 5.75 Å². The summed E-state index contributed by atoms with van der Waals surface area (Å²) in [7, 11) is 1.68. The summed E-state index contributed by atoms with van der Waals surface area (Å²) in [6.45, 7) is 7.19. The van der Waals surface area contributed by atoms with Crippen molar-refractivity contribution in [2.75, 3.05) is 7.11 Å². The van der Waals surface area contributed by atoms with Gasteiger partial charge in [0.25, 0.3) is 0 Å². The molecule has 1 aromatic heterocycles. The highest BCUT2D eigenvalue weighted by molar-refractivity contribution is 9.10. The molecule has 0 radical (unpaired) electrons. The molecule has 20 heavy (non-hydrogen) atoms. The first-order valence-corrected chi connectivity index (χ1v) is 7.30. The smallest absolute Gasteiger partial charge is 0.142 e. The van der Waals surface area contributed by atoms with Gasteiger partial charge in [-0.15, -0.1) is 0 Å². The molecule has 0 fully saturated rings. The van der Waals surface area contributed by atoms with Crippen LogP contribution in [-0.4, -0.2) is 22.2 Å². The maximum Gasteiger partial charge on any atom is 0.142 e. The number of nitrogens with zero attached hydrogens (tertiary/aromatic N) is 2. The summed E-state index contributed by atoms with van der Waals surface area (Å²) in [5, 5.41) is 3.47. The largest absolute Gasteiger partial charge is 0.495 e. The summed E-state index contributed by atoms with van der Waals surface area (Å²) in [6.07, 6.45) is 3.68. The third-order valence-electron chi connectivity index (χ3n) is 2.92. The Labute approximate surface area is 128 Å². The number of imidazole rings is 1. The van der Waals surface area contributed by atoms with Crippen molar-refractivity contribution >= 4 is 15.9 Å². The van der Waals surface area contributed by atoms with Crippen LogP contribution in [0.15, 0.2) is 35.2 Å². The van der Waals surface area contributed by atoms with Gasteiger partial charge in [-0.1, -0.05) is 15.9 Å². The molecule has 0 amide bonds. The van der Waals surface area contributed by atoms with Crippen LogP contribution in [0.2, 0.25) is 0 Å². The van der Waals surface area contributed by atoms with Gasteiger partial charge in [0.15, 0.2) is 0 Å². The first-order chi connectivity index (χ1) is 9.40. The Hall–Kier alpha value is -1.33. The minimum absolute atomic E-state index is 0.0659. The van der Waals surface area contributed by atoms with Gasteiger partial charge in [-0.05, 0) is 39.0 Å². The van der Waals surface area contributed by atoms with Crippen LogP contribution in [-0.2, 0) is 6.54 Å². The van der Waals surface area contributed by atoms with Gasteiger partial charge >= 0.3 is 0 Å². The zero-order valence-corrected chi connectivity index (χ0v) is 13.9. The molecule has 108 valence electrons. The molecule has 1 aromatic carbocycles. The van der Waals surface area contributed by atoms with Crippen LogP contribution < -0.4 is 10.1 Å². The van der Waals surface area contributed by atoms with E-state index in [1.54, 1.807) is 7.11 Å². The SMILES string of the molecule is COc1ccc(Br)cc1-n1cncc1CNC(C)(C)C. The fourth-order valence-corrected chi connectivity index (χ4v) is 2.23. The zero-order valence-electron chi connectivity index (χ0n) is 12.3. The second kappa shape index (κ2) is 5.97. The molecular formula is C15H20BrN3O. The molecule has 0 bridgehead atoms. The molecule has 0 unspecified atom stereocenters. The van der Waals surface area contributed by atoms with Crippen molar-refractivity contribution in [1.82, 2.24) is 14.9 Å². The van der Waals surface area contributed by atoms with E-state index in [2.05, 4.69) is 47.0 Å². The number of halogens is 1. The summed E-state index contributed by atoms with van der Waals surface area (Å²) >= 11 is 3.50. The Kier molecular flexibility index (Phi) is 4.50. The molecular weight excluding hydrogens is 318 g/mol. The fraction of sp³-hybridized carbons (Fsp3) is 0.400. The minimum Gasteiger partial charge on any atom is -0.495 e. The van der Waals surface area contributed by atoms with Crippen LogP contribution >= 0.6 is 15.9 Å². The van der Waals surface area contributed by atoms with E-state index < -0.39 is 0 Å². The maximum atomic E-state index is 5.43. The Morgan fingerprint density at radius 2 is 2.10 bits per heavy atom. The lowest BCUT2D eigenvalue weighted by Gasteiger charge is -2.21. The third kappa shape index (κ3) is 3.61. The standard InChI is InChI=1S/C15H20BrN3O/c1-15(2,3)18-9-12-8-17-10-19(12)13-7-11(16)5-6-14(13)20-4/h5-8,10,18H,9H2,1-4H3. The molecule has 0 aliphatic rings. The molecule has 0 spiro atoms. The summed E-state index contributed by atoms with van der Waals surface area (Å²) < 4.78 is 8.49. The Bertz CT molecular complexity index is 587. The van der Waals surface area contributed by atoms with Gasteiger partial charge in [-0.3, -0.25) is 4.57 Å². The monoisotopic (exact) mass is 337 g/mol. The van der Waals surface area contributed by atoms with E-state index in [1.165, 1.54) is 0 Å². The van der Waals surface area contributed by atoms with E-state index in [1.807, 2.05) is 35.3 Å². The van der Waals surface area contributed by atoms with E-state index in [9.17, 15) is 0 Å². The molecule has 4 nitrogen and oxygen atoms in total. The van der Waals surface area contributed by atoms with Crippen LogP contribution in [0, 0.1) is 0 Å².